The molecule has 0 heterocycles. The summed E-state index contributed by atoms with van der Waals surface area (Å²) >= 11 is 0. The molecule has 122 valence electrons. The van der Waals surface area contributed by atoms with E-state index in [2.05, 4.69) is 0 Å². The van der Waals surface area contributed by atoms with Crippen molar-refractivity contribution >= 4 is 34.9 Å². The molecule has 0 N–H and O–H groups in total. The number of rotatable bonds is 0. The smallest absolute Gasteiger partial charge is 0.198 e. The Morgan fingerprint density at radius 3 is 0.875 bits per heavy atom. The van der Waals surface area contributed by atoms with Gasteiger partial charge in [0.25, 0.3) is 0 Å². The van der Waals surface area contributed by atoms with Gasteiger partial charge in [-0.25, -0.2) is 39.5 Å². The minimum absolute atomic E-state index is 1.33. The third-order valence-corrected chi connectivity index (χ3v) is 3.51. The highest BCUT2D eigenvalue weighted by Gasteiger charge is 2.31. The standard InChI is InChI=1S/C14BF9/c15-5-1-3(9(19)13(23)11(21)7(1)17)6(16)4-2(5)8(18)12(22)14(24)10(4)20. The average molecular weight is 350 g/mol. The Kier molecular flexibility index (Phi) is 3.47. The van der Waals surface area contributed by atoms with E-state index < -0.39 is 79.4 Å². The summed E-state index contributed by atoms with van der Waals surface area (Å²) < 4.78 is 123. The fourth-order valence-electron chi connectivity index (χ4n) is 2.43. The highest BCUT2D eigenvalue weighted by atomic mass is 19.2. The van der Waals surface area contributed by atoms with E-state index in [1.54, 1.807) is 0 Å². The van der Waals surface area contributed by atoms with Crippen LogP contribution >= 0.6 is 0 Å². The van der Waals surface area contributed by atoms with E-state index in [0.717, 1.165) is 0 Å². The molecule has 3 aromatic rings. The van der Waals surface area contributed by atoms with E-state index >= 15 is 0 Å². The van der Waals surface area contributed by atoms with Crippen LogP contribution in [0.25, 0.3) is 21.5 Å². The summed E-state index contributed by atoms with van der Waals surface area (Å²) in [7, 11) is 5.24. The zero-order valence-electron chi connectivity index (χ0n) is 11.0. The maximum absolute atomic E-state index is 14.3. The fourth-order valence-corrected chi connectivity index (χ4v) is 2.43. The Hall–Kier alpha value is -2.39. The SMILES string of the molecule is [B]c1c2c(F)c(F)c(F)c(F)c2c(F)c2c(F)c(F)c(F)c(F)c12. The van der Waals surface area contributed by atoms with Crippen LogP contribution in [0.15, 0.2) is 0 Å². The lowest BCUT2D eigenvalue weighted by atomic mass is 9.83. The van der Waals surface area contributed by atoms with Crippen molar-refractivity contribution in [1.82, 2.24) is 0 Å². The van der Waals surface area contributed by atoms with E-state index in [9.17, 15) is 39.5 Å². The van der Waals surface area contributed by atoms with Gasteiger partial charge in [-0.1, -0.05) is 5.46 Å². The first kappa shape index (κ1) is 16.5. The van der Waals surface area contributed by atoms with Gasteiger partial charge in [-0.3, -0.25) is 0 Å². The minimum atomic E-state index is -2.44. The van der Waals surface area contributed by atoms with E-state index in [-0.39, 0.29) is 0 Å². The summed E-state index contributed by atoms with van der Waals surface area (Å²) in [6.45, 7) is 0. The van der Waals surface area contributed by atoms with Crippen LogP contribution in [0.4, 0.5) is 39.5 Å². The van der Waals surface area contributed by atoms with Gasteiger partial charge in [0.15, 0.2) is 46.5 Å². The molecular weight excluding hydrogens is 350 g/mol. The second kappa shape index (κ2) is 5.05. The van der Waals surface area contributed by atoms with Crippen LogP contribution in [-0.4, -0.2) is 7.85 Å². The lowest BCUT2D eigenvalue weighted by Crippen LogP contribution is -2.17. The third kappa shape index (κ3) is 1.79. The van der Waals surface area contributed by atoms with Gasteiger partial charge < -0.3 is 0 Å². The molecule has 0 saturated carbocycles. The van der Waals surface area contributed by atoms with Crippen LogP contribution in [0.3, 0.4) is 0 Å². The molecule has 0 unspecified atom stereocenters. The number of hydrogen-bond acceptors (Lipinski definition) is 0. The molecule has 2 radical (unpaired) electrons. The van der Waals surface area contributed by atoms with E-state index in [4.69, 9.17) is 7.85 Å². The summed E-state index contributed by atoms with van der Waals surface area (Å²) in [4.78, 5) is 0. The zero-order chi connectivity index (χ0) is 18.1. The molecule has 3 aromatic carbocycles. The Bertz CT molecular complexity index is 894. The maximum atomic E-state index is 14.3. The Labute approximate surface area is 127 Å². The van der Waals surface area contributed by atoms with Crippen LogP contribution in [-0.2, 0) is 0 Å². The van der Waals surface area contributed by atoms with Gasteiger partial charge in [-0.15, -0.1) is 0 Å². The lowest BCUT2D eigenvalue weighted by molar-refractivity contribution is 0.413. The summed E-state index contributed by atoms with van der Waals surface area (Å²) in [6.07, 6.45) is 0. The topological polar surface area (TPSA) is 0 Å². The first-order valence-corrected chi connectivity index (χ1v) is 5.99. The molecule has 0 atom stereocenters. The molecule has 0 aliphatic heterocycles. The van der Waals surface area contributed by atoms with Crippen molar-refractivity contribution in [2.75, 3.05) is 0 Å². The van der Waals surface area contributed by atoms with Gasteiger partial charge in [-0.05, 0) is 0 Å². The quantitative estimate of drug-likeness (QED) is 0.189. The van der Waals surface area contributed by atoms with Crippen molar-refractivity contribution in [3.05, 3.63) is 52.4 Å². The first-order chi connectivity index (χ1) is 11.1. The second-order valence-corrected chi connectivity index (χ2v) is 4.74. The van der Waals surface area contributed by atoms with E-state index in [0.29, 0.717) is 0 Å². The molecule has 0 aliphatic carbocycles. The highest BCUT2D eigenvalue weighted by Crippen LogP contribution is 2.35. The van der Waals surface area contributed by atoms with Crippen molar-refractivity contribution in [1.29, 1.82) is 0 Å². The number of benzene rings is 3. The van der Waals surface area contributed by atoms with Crippen molar-refractivity contribution in [3.8, 4) is 0 Å². The second-order valence-electron chi connectivity index (χ2n) is 4.74. The normalized spacial score (nSPS) is 11.7. The summed E-state index contributed by atoms with van der Waals surface area (Å²) in [5.41, 5.74) is -1.33. The maximum Gasteiger partial charge on any atom is 0.198 e. The van der Waals surface area contributed by atoms with Gasteiger partial charge in [0.1, 0.15) is 13.7 Å². The van der Waals surface area contributed by atoms with Crippen LogP contribution in [0.5, 0.6) is 0 Å². The summed E-state index contributed by atoms with van der Waals surface area (Å²) in [5.74, 6) is -20.8. The van der Waals surface area contributed by atoms with Gasteiger partial charge in [0, 0.05) is 10.8 Å². The van der Waals surface area contributed by atoms with Gasteiger partial charge in [0.2, 0.25) is 0 Å². The monoisotopic (exact) mass is 350 g/mol. The molecule has 3 rings (SSSR count). The van der Waals surface area contributed by atoms with Crippen molar-refractivity contribution in [2.24, 2.45) is 0 Å². The molecule has 0 fully saturated rings. The number of hydrogen-bond donors (Lipinski definition) is 0. The average Bonchev–Trinajstić information content (AvgIpc) is 2.55. The van der Waals surface area contributed by atoms with Crippen LogP contribution in [0, 0.1) is 52.4 Å². The first-order valence-electron chi connectivity index (χ1n) is 5.99. The van der Waals surface area contributed by atoms with Crippen molar-refractivity contribution in [2.45, 2.75) is 0 Å². The summed E-state index contributed by atoms with van der Waals surface area (Å²) in [6, 6.07) is 0. The predicted molar refractivity (Wildman–Crippen MR) is 66.5 cm³/mol. The highest BCUT2D eigenvalue weighted by molar-refractivity contribution is 6.45. The molecular formula is C14BF9. The number of fused-ring (bicyclic) bond motifs is 2. The van der Waals surface area contributed by atoms with Crippen LogP contribution in [0.1, 0.15) is 0 Å². The predicted octanol–water partition coefficient (Wildman–Crippen LogP) is 4.04. The van der Waals surface area contributed by atoms with Crippen molar-refractivity contribution < 1.29 is 39.5 Å². The third-order valence-electron chi connectivity index (χ3n) is 3.51. The minimum Gasteiger partial charge on any atom is -0.205 e. The van der Waals surface area contributed by atoms with Gasteiger partial charge in [-0.2, -0.15) is 0 Å². The summed E-state index contributed by atoms with van der Waals surface area (Å²) in [5, 5.41) is -6.28. The number of halogens is 9. The Balaban J connectivity index is 2.82. The molecule has 0 aromatic heterocycles. The molecule has 0 spiro atoms. The van der Waals surface area contributed by atoms with Crippen LogP contribution in [0.2, 0.25) is 0 Å². The zero-order valence-corrected chi connectivity index (χ0v) is 11.0. The molecule has 0 bridgehead atoms. The molecule has 10 heteroatoms. The molecule has 24 heavy (non-hydrogen) atoms. The van der Waals surface area contributed by atoms with E-state index in [1.807, 2.05) is 0 Å². The largest absolute Gasteiger partial charge is 0.205 e. The molecule has 0 nitrogen and oxygen atoms in total. The van der Waals surface area contributed by atoms with Gasteiger partial charge in [0.05, 0.1) is 10.8 Å². The lowest BCUT2D eigenvalue weighted by Gasteiger charge is -2.14. The van der Waals surface area contributed by atoms with Crippen LogP contribution < -0.4 is 5.46 Å². The van der Waals surface area contributed by atoms with Crippen molar-refractivity contribution in [3.63, 3.8) is 0 Å². The van der Waals surface area contributed by atoms with Gasteiger partial charge >= 0.3 is 0 Å². The fraction of sp³-hybridized carbons (Fsp3) is 0. The Morgan fingerprint density at radius 2 is 0.583 bits per heavy atom. The molecule has 0 saturated heterocycles. The molecule has 0 aliphatic rings. The molecule has 0 amide bonds. The Morgan fingerprint density at radius 1 is 0.333 bits per heavy atom. The van der Waals surface area contributed by atoms with E-state index in [1.165, 1.54) is 0 Å².